The Morgan fingerprint density at radius 1 is 1.21 bits per heavy atom. The first-order chi connectivity index (χ1) is 9.10. The maximum absolute atomic E-state index is 13.8. The molecule has 2 aromatic rings. The standard InChI is InChI=1S/C14H12BrClFNO/c15-9-1-4-11(5-2-9)18-14(8-19)12-7-10(16)3-6-13(12)17/h1-7,14,18-19H,8H2. The van der Waals surface area contributed by atoms with Gasteiger partial charge in [0.25, 0.3) is 0 Å². The fourth-order valence-electron chi connectivity index (χ4n) is 1.75. The molecule has 0 saturated carbocycles. The monoisotopic (exact) mass is 343 g/mol. The SMILES string of the molecule is OCC(Nc1ccc(Br)cc1)c1cc(Cl)ccc1F. The van der Waals surface area contributed by atoms with Crippen LogP contribution in [-0.4, -0.2) is 11.7 Å². The first-order valence-corrected chi connectivity index (χ1v) is 6.85. The molecule has 5 heteroatoms. The second kappa shape index (κ2) is 6.37. The van der Waals surface area contributed by atoms with Gasteiger partial charge in [-0.05, 0) is 42.5 Å². The van der Waals surface area contributed by atoms with E-state index < -0.39 is 11.9 Å². The van der Waals surface area contributed by atoms with Gasteiger partial charge in [-0.1, -0.05) is 27.5 Å². The van der Waals surface area contributed by atoms with E-state index in [1.54, 1.807) is 0 Å². The molecule has 2 rings (SSSR count). The summed E-state index contributed by atoms with van der Waals surface area (Å²) in [5, 5.41) is 12.9. The van der Waals surface area contributed by atoms with Crippen molar-refractivity contribution in [2.45, 2.75) is 6.04 Å². The largest absolute Gasteiger partial charge is 0.394 e. The van der Waals surface area contributed by atoms with Crippen LogP contribution in [0.25, 0.3) is 0 Å². The highest BCUT2D eigenvalue weighted by Gasteiger charge is 2.15. The van der Waals surface area contributed by atoms with Crippen LogP contribution in [0.15, 0.2) is 46.9 Å². The molecule has 2 aromatic carbocycles. The summed E-state index contributed by atoms with van der Waals surface area (Å²) in [6.07, 6.45) is 0. The minimum atomic E-state index is -0.542. The molecule has 0 spiro atoms. The molecule has 0 aliphatic carbocycles. The minimum absolute atomic E-state index is 0.229. The number of halogens is 3. The fraction of sp³-hybridized carbons (Fsp3) is 0.143. The van der Waals surface area contributed by atoms with Gasteiger partial charge in [0.15, 0.2) is 0 Å². The number of aliphatic hydroxyl groups is 1. The molecule has 2 N–H and O–H groups in total. The van der Waals surface area contributed by atoms with Crippen molar-refractivity contribution in [3.63, 3.8) is 0 Å². The molecular weight excluding hydrogens is 333 g/mol. The molecule has 0 aromatic heterocycles. The van der Waals surface area contributed by atoms with Gasteiger partial charge in [0.05, 0.1) is 12.6 Å². The normalized spacial score (nSPS) is 12.2. The molecule has 100 valence electrons. The zero-order valence-electron chi connectivity index (χ0n) is 9.91. The van der Waals surface area contributed by atoms with Crippen molar-refractivity contribution >= 4 is 33.2 Å². The van der Waals surface area contributed by atoms with E-state index in [4.69, 9.17) is 11.6 Å². The maximum Gasteiger partial charge on any atom is 0.128 e. The Morgan fingerprint density at radius 2 is 1.89 bits per heavy atom. The Kier molecular flexibility index (Phi) is 4.80. The molecule has 0 saturated heterocycles. The first kappa shape index (κ1) is 14.3. The van der Waals surface area contributed by atoms with Crippen LogP contribution in [0.3, 0.4) is 0 Å². The lowest BCUT2D eigenvalue weighted by molar-refractivity contribution is 0.274. The maximum atomic E-state index is 13.8. The molecule has 0 aliphatic rings. The van der Waals surface area contributed by atoms with Crippen molar-refractivity contribution in [2.24, 2.45) is 0 Å². The van der Waals surface area contributed by atoms with Gasteiger partial charge in [0, 0.05) is 20.7 Å². The Balaban J connectivity index is 2.24. The predicted octanol–water partition coefficient (Wildman–Crippen LogP) is 4.39. The molecule has 0 radical (unpaired) electrons. The smallest absolute Gasteiger partial charge is 0.128 e. The summed E-state index contributed by atoms with van der Waals surface area (Å²) in [5.41, 5.74) is 1.14. The number of hydrogen-bond acceptors (Lipinski definition) is 2. The number of hydrogen-bond donors (Lipinski definition) is 2. The van der Waals surface area contributed by atoms with E-state index in [1.165, 1.54) is 18.2 Å². The van der Waals surface area contributed by atoms with Gasteiger partial charge in [-0.3, -0.25) is 0 Å². The second-order valence-corrected chi connectivity index (χ2v) is 5.40. The average Bonchev–Trinajstić information content (AvgIpc) is 2.41. The summed E-state index contributed by atoms with van der Waals surface area (Å²) in [7, 11) is 0. The summed E-state index contributed by atoms with van der Waals surface area (Å²) in [4.78, 5) is 0. The lowest BCUT2D eigenvalue weighted by Gasteiger charge is -2.19. The molecule has 0 aliphatic heterocycles. The Hall–Kier alpha value is -1.10. The van der Waals surface area contributed by atoms with Crippen LogP contribution >= 0.6 is 27.5 Å². The molecule has 0 heterocycles. The van der Waals surface area contributed by atoms with Gasteiger partial charge in [-0.15, -0.1) is 0 Å². The summed E-state index contributed by atoms with van der Waals surface area (Å²) in [6, 6.07) is 11.2. The topological polar surface area (TPSA) is 32.3 Å². The van der Waals surface area contributed by atoms with Crippen molar-refractivity contribution in [2.75, 3.05) is 11.9 Å². The molecule has 0 bridgehead atoms. The van der Waals surface area contributed by atoms with Crippen molar-refractivity contribution in [3.05, 3.63) is 63.3 Å². The quantitative estimate of drug-likeness (QED) is 0.862. The Bertz CT molecular complexity index is 562. The summed E-state index contributed by atoms with van der Waals surface area (Å²) in [6.45, 7) is -0.229. The van der Waals surface area contributed by atoms with Crippen LogP contribution in [0.4, 0.5) is 10.1 Å². The van der Waals surface area contributed by atoms with Crippen molar-refractivity contribution < 1.29 is 9.50 Å². The molecule has 2 nitrogen and oxygen atoms in total. The van der Waals surface area contributed by atoms with Crippen LogP contribution < -0.4 is 5.32 Å². The lowest BCUT2D eigenvalue weighted by Crippen LogP contribution is -2.16. The number of nitrogens with one attached hydrogen (secondary N) is 1. The molecule has 1 atom stereocenters. The second-order valence-electron chi connectivity index (χ2n) is 4.05. The zero-order valence-corrected chi connectivity index (χ0v) is 12.2. The van der Waals surface area contributed by atoms with Crippen LogP contribution in [0.2, 0.25) is 5.02 Å². The van der Waals surface area contributed by atoms with Crippen molar-refractivity contribution in [3.8, 4) is 0 Å². The summed E-state index contributed by atoms with van der Waals surface area (Å²) in [5.74, 6) is -0.395. The number of benzene rings is 2. The molecule has 19 heavy (non-hydrogen) atoms. The predicted molar refractivity (Wildman–Crippen MR) is 79.0 cm³/mol. The van der Waals surface area contributed by atoms with Gasteiger partial charge in [-0.2, -0.15) is 0 Å². The van der Waals surface area contributed by atoms with E-state index in [-0.39, 0.29) is 6.61 Å². The van der Waals surface area contributed by atoms with E-state index in [0.717, 1.165) is 10.2 Å². The minimum Gasteiger partial charge on any atom is -0.394 e. The van der Waals surface area contributed by atoms with Crippen LogP contribution in [-0.2, 0) is 0 Å². The van der Waals surface area contributed by atoms with Gasteiger partial charge >= 0.3 is 0 Å². The van der Waals surface area contributed by atoms with E-state index >= 15 is 0 Å². The molecule has 0 fully saturated rings. The van der Waals surface area contributed by atoms with Crippen molar-refractivity contribution in [1.29, 1.82) is 0 Å². The number of aliphatic hydroxyl groups excluding tert-OH is 1. The van der Waals surface area contributed by atoms with E-state index in [2.05, 4.69) is 21.2 Å². The third kappa shape index (κ3) is 3.69. The van der Waals surface area contributed by atoms with E-state index in [0.29, 0.717) is 10.6 Å². The van der Waals surface area contributed by atoms with Gasteiger partial charge in [0.1, 0.15) is 5.82 Å². The highest BCUT2D eigenvalue weighted by atomic mass is 79.9. The van der Waals surface area contributed by atoms with Crippen LogP contribution in [0.5, 0.6) is 0 Å². The fourth-order valence-corrected chi connectivity index (χ4v) is 2.20. The summed E-state index contributed by atoms with van der Waals surface area (Å²) >= 11 is 9.20. The van der Waals surface area contributed by atoms with E-state index in [9.17, 15) is 9.50 Å². The molecule has 0 amide bonds. The first-order valence-electron chi connectivity index (χ1n) is 5.68. The molecular formula is C14H12BrClFNO. The van der Waals surface area contributed by atoms with Gasteiger partial charge in [0.2, 0.25) is 0 Å². The number of rotatable bonds is 4. The van der Waals surface area contributed by atoms with Gasteiger partial charge in [-0.25, -0.2) is 4.39 Å². The lowest BCUT2D eigenvalue weighted by atomic mass is 10.1. The van der Waals surface area contributed by atoms with Crippen LogP contribution in [0, 0.1) is 5.82 Å². The van der Waals surface area contributed by atoms with Crippen molar-refractivity contribution in [1.82, 2.24) is 0 Å². The van der Waals surface area contributed by atoms with Gasteiger partial charge < -0.3 is 10.4 Å². The highest BCUT2D eigenvalue weighted by molar-refractivity contribution is 9.10. The Labute approximate surface area is 124 Å². The highest BCUT2D eigenvalue weighted by Crippen LogP contribution is 2.25. The summed E-state index contributed by atoms with van der Waals surface area (Å²) < 4.78 is 14.7. The third-order valence-corrected chi connectivity index (χ3v) is 3.46. The molecule has 1 unspecified atom stereocenters. The Morgan fingerprint density at radius 3 is 2.53 bits per heavy atom. The van der Waals surface area contributed by atoms with Crippen LogP contribution in [0.1, 0.15) is 11.6 Å². The average molecular weight is 345 g/mol. The van der Waals surface area contributed by atoms with E-state index in [1.807, 2.05) is 24.3 Å². The zero-order chi connectivity index (χ0) is 13.8. The number of anilines is 1. The third-order valence-electron chi connectivity index (χ3n) is 2.70.